The maximum atomic E-state index is 12.1. The zero-order valence-electron chi connectivity index (χ0n) is 14.6. The zero-order valence-corrected chi connectivity index (χ0v) is 14.6. The van der Waals surface area contributed by atoms with Crippen LogP contribution in [0.1, 0.15) is 12.5 Å². The molecule has 0 atom stereocenters. The van der Waals surface area contributed by atoms with Gasteiger partial charge in [-0.3, -0.25) is 19.3 Å². The first kappa shape index (κ1) is 18.1. The van der Waals surface area contributed by atoms with Gasteiger partial charge in [-0.1, -0.05) is 24.3 Å². The average Bonchev–Trinajstić information content (AvgIpc) is 2.65. The van der Waals surface area contributed by atoms with Crippen LogP contribution in [0.4, 0.5) is 11.4 Å². The molecule has 8 nitrogen and oxygen atoms in total. The number of benzene rings is 2. The SMILES string of the molecule is CC(=O)Nc1ccc(/C=N\NC(=O)CN2C(=O)COc3ccccc32)cc1. The van der Waals surface area contributed by atoms with E-state index in [2.05, 4.69) is 15.8 Å². The minimum Gasteiger partial charge on any atom is -0.482 e. The highest BCUT2D eigenvalue weighted by atomic mass is 16.5. The van der Waals surface area contributed by atoms with Gasteiger partial charge >= 0.3 is 0 Å². The number of amides is 3. The number of rotatable bonds is 5. The lowest BCUT2D eigenvalue weighted by atomic mass is 10.2. The molecule has 1 aliphatic heterocycles. The standard InChI is InChI=1S/C19H18N4O4/c1-13(24)21-15-8-6-14(7-9-15)10-20-22-18(25)11-23-16-4-2-3-5-17(16)27-12-19(23)26/h2-10H,11-12H2,1H3,(H,21,24)(H,22,25)/b20-10-. The maximum Gasteiger partial charge on any atom is 0.265 e. The van der Waals surface area contributed by atoms with E-state index in [-0.39, 0.29) is 25.0 Å². The summed E-state index contributed by atoms with van der Waals surface area (Å²) in [7, 11) is 0. The monoisotopic (exact) mass is 366 g/mol. The highest BCUT2D eigenvalue weighted by molar-refractivity contribution is 6.02. The lowest BCUT2D eigenvalue weighted by molar-refractivity contribution is -0.125. The van der Waals surface area contributed by atoms with E-state index in [1.165, 1.54) is 18.0 Å². The van der Waals surface area contributed by atoms with Crippen LogP contribution in [0.15, 0.2) is 53.6 Å². The molecule has 0 saturated heterocycles. The molecule has 0 aliphatic carbocycles. The summed E-state index contributed by atoms with van der Waals surface area (Å²) in [6.07, 6.45) is 1.48. The van der Waals surface area contributed by atoms with E-state index in [1.54, 1.807) is 48.5 Å². The van der Waals surface area contributed by atoms with E-state index < -0.39 is 5.91 Å². The Kier molecular flexibility index (Phi) is 5.46. The molecule has 1 heterocycles. The molecule has 0 fully saturated rings. The van der Waals surface area contributed by atoms with Crippen molar-refractivity contribution in [1.82, 2.24) is 5.43 Å². The van der Waals surface area contributed by atoms with Gasteiger partial charge < -0.3 is 10.1 Å². The first-order chi connectivity index (χ1) is 13.0. The Morgan fingerprint density at radius 3 is 2.67 bits per heavy atom. The molecule has 3 amide bonds. The van der Waals surface area contributed by atoms with Crippen molar-refractivity contribution in [1.29, 1.82) is 0 Å². The summed E-state index contributed by atoms with van der Waals surface area (Å²) in [4.78, 5) is 36.5. The number of ether oxygens (including phenoxy) is 1. The van der Waals surface area contributed by atoms with Gasteiger partial charge in [0, 0.05) is 12.6 Å². The number of carbonyl (C=O) groups excluding carboxylic acids is 3. The number of hydrazone groups is 1. The predicted octanol–water partition coefficient (Wildman–Crippen LogP) is 1.52. The fourth-order valence-corrected chi connectivity index (χ4v) is 2.54. The van der Waals surface area contributed by atoms with Crippen LogP contribution in [0.2, 0.25) is 0 Å². The van der Waals surface area contributed by atoms with Crippen LogP contribution in [0.3, 0.4) is 0 Å². The van der Waals surface area contributed by atoms with Crippen LogP contribution in [0.25, 0.3) is 0 Å². The lowest BCUT2D eigenvalue weighted by Crippen LogP contribution is -2.44. The molecule has 0 unspecified atom stereocenters. The quantitative estimate of drug-likeness (QED) is 0.619. The minimum atomic E-state index is -0.425. The molecule has 0 aromatic heterocycles. The first-order valence-electron chi connectivity index (χ1n) is 8.24. The molecular weight excluding hydrogens is 348 g/mol. The number of hydrogen-bond acceptors (Lipinski definition) is 5. The van der Waals surface area contributed by atoms with Gasteiger partial charge in [0.2, 0.25) is 5.91 Å². The zero-order chi connectivity index (χ0) is 19.2. The number of nitrogens with zero attached hydrogens (tertiary/aromatic N) is 2. The Balaban J connectivity index is 1.57. The fraction of sp³-hybridized carbons (Fsp3) is 0.158. The van der Waals surface area contributed by atoms with Crippen LogP contribution < -0.4 is 20.4 Å². The van der Waals surface area contributed by atoms with Gasteiger partial charge in [-0.15, -0.1) is 0 Å². The summed E-state index contributed by atoms with van der Waals surface area (Å²) in [6.45, 7) is 1.18. The van der Waals surface area contributed by atoms with Crippen molar-refractivity contribution in [2.24, 2.45) is 5.10 Å². The summed E-state index contributed by atoms with van der Waals surface area (Å²) in [5.74, 6) is -0.303. The molecule has 2 aromatic rings. The first-order valence-corrected chi connectivity index (χ1v) is 8.24. The second kappa shape index (κ2) is 8.13. The average molecular weight is 366 g/mol. The van der Waals surface area contributed by atoms with Gasteiger partial charge in [-0.2, -0.15) is 5.10 Å². The number of nitrogens with one attached hydrogen (secondary N) is 2. The number of para-hydroxylation sites is 2. The molecule has 2 N–H and O–H groups in total. The molecule has 138 valence electrons. The Morgan fingerprint density at radius 1 is 1.19 bits per heavy atom. The third kappa shape index (κ3) is 4.69. The van der Waals surface area contributed by atoms with E-state index in [1.807, 2.05) is 0 Å². The minimum absolute atomic E-state index is 0.103. The van der Waals surface area contributed by atoms with Gasteiger partial charge in [0.05, 0.1) is 11.9 Å². The van der Waals surface area contributed by atoms with E-state index in [0.29, 0.717) is 17.1 Å². The predicted molar refractivity (Wildman–Crippen MR) is 101 cm³/mol. The van der Waals surface area contributed by atoms with Gasteiger partial charge in [0.25, 0.3) is 11.8 Å². The third-order valence-corrected chi connectivity index (χ3v) is 3.74. The van der Waals surface area contributed by atoms with Crippen LogP contribution in [-0.4, -0.2) is 37.1 Å². The van der Waals surface area contributed by atoms with Crippen molar-refractivity contribution in [3.05, 3.63) is 54.1 Å². The van der Waals surface area contributed by atoms with Crippen LogP contribution in [0.5, 0.6) is 5.75 Å². The summed E-state index contributed by atoms with van der Waals surface area (Å²) >= 11 is 0. The van der Waals surface area contributed by atoms with Crippen LogP contribution in [-0.2, 0) is 14.4 Å². The molecule has 1 aliphatic rings. The third-order valence-electron chi connectivity index (χ3n) is 3.74. The number of anilines is 2. The molecule has 0 bridgehead atoms. The molecule has 0 saturated carbocycles. The summed E-state index contributed by atoms with van der Waals surface area (Å²) in [5, 5.41) is 6.56. The van der Waals surface area contributed by atoms with E-state index in [4.69, 9.17) is 4.74 Å². The fourth-order valence-electron chi connectivity index (χ4n) is 2.54. The summed E-state index contributed by atoms with van der Waals surface area (Å²) < 4.78 is 5.34. The number of carbonyl (C=O) groups is 3. The lowest BCUT2D eigenvalue weighted by Gasteiger charge is -2.28. The maximum absolute atomic E-state index is 12.1. The van der Waals surface area contributed by atoms with E-state index in [0.717, 1.165) is 5.56 Å². The largest absolute Gasteiger partial charge is 0.482 e. The Labute approximate surface area is 155 Å². The Morgan fingerprint density at radius 2 is 1.93 bits per heavy atom. The number of hydrogen-bond donors (Lipinski definition) is 2. The Bertz CT molecular complexity index is 893. The second-order valence-electron chi connectivity index (χ2n) is 5.83. The molecule has 0 spiro atoms. The molecule has 27 heavy (non-hydrogen) atoms. The highest BCUT2D eigenvalue weighted by Gasteiger charge is 2.26. The van der Waals surface area contributed by atoms with Crippen molar-refractivity contribution >= 4 is 35.3 Å². The molecule has 3 rings (SSSR count). The van der Waals surface area contributed by atoms with Crippen molar-refractivity contribution in [3.63, 3.8) is 0 Å². The topological polar surface area (TPSA) is 100 Å². The van der Waals surface area contributed by atoms with Crippen molar-refractivity contribution in [3.8, 4) is 5.75 Å². The smallest absolute Gasteiger partial charge is 0.265 e. The van der Waals surface area contributed by atoms with Gasteiger partial charge in [0.1, 0.15) is 12.3 Å². The number of fused-ring (bicyclic) bond motifs is 1. The van der Waals surface area contributed by atoms with Crippen molar-refractivity contribution < 1.29 is 19.1 Å². The highest BCUT2D eigenvalue weighted by Crippen LogP contribution is 2.31. The molecular formula is C19H18N4O4. The normalized spacial score (nSPS) is 13.1. The Hall–Kier alpha value is -3.68. The van der Waals surface area contributed by atoms with Crippen LogP contribution >= 0.6 is 0 Å². The molecule has 2 aromatic carbocycles. The van der Waals surface area contributed by atoms with Gasteiger partial charge in [-0.25, -0.2) is 5.43 Å². The molecule has 8 heteroatoms. The van der Waals surface area contributed by atoms with Gasteiger partial charge in [0.15, 0.2) is 6.61 Å². The summed E-state index contributed by atoms with van der Waals surface area (Å²) in [6, 6.07) is 14.0. The molecule has 0 radical (unpaired) electrons. The van der Waals surface area contributed by atoms with Crippen LogP contribution in [0, 0.1) is 0 Å². The van der Waals surface area contributed by atoms with Gasteiger partial charge in [-0.05, 0) is 29.8 Å². The van der Waals surface area contributed by atoms with E-state index >= 15 is 0 Å². The second-order valence-corrected chi connectivity index (χ2v) is 5.83. The van der Waals surface area contributed by atoms with E-state index in [9.17, 15) is 14.4 Å². The summed E-state index contributed by atoms with van der Waals surface area (Å²) in [5.41, 5.74) is 4.38. The van der Waals surface area contributed by atoms with Crippen molar-refractivity contribution in [2.45, 2.75) is 6.92 Å². The van der Waals surface area contributed by atoms with Crippen molar-refractivity contribution in [2.75, 3.05) is 23.4 Å².